The van der Waals surface area contributed by atoms with Crippen molar-refractivity contribution < 1.29 is 14.4 Å². The highest BCUT2D eigenvalue weighted by atomic mass is 16.2. The molecule has 5 rings (SSSR count). The van der Waals surface area contributed by atoms with Crippen LogP contribution in [0.4, 0.5) is 10.5 Å². The predicted molar refractivity (Wildman–Crippen MR) is 124 cm³/mol. The fraction of sp³-hybridized carbons (Fsp3) is 0.250. The Balaban J connectivity index is 1.63. The number of rotatable bonds is 4. The highest BCUT2D eigenvalue weighted by Gasteiger charge is 2.55. The lowest BCUT2D eigenvalue weighted by atomic mass is 10.1. The van der Waals surface area contributed by atoms with Gasteiger partial charge in [-0.15, -0.1) is 0 Å². The number of imide groups is 1. The van der Waals surface area contributed by atoms with E-state index in [0.717, 1.165) is 33.0 Å². The van der Waals surface area contributed by atoms with E-state index >= 15 is 0 Å². The standard InChI is InChI=1S/C24H24N6O3/c1-14-9-15(2)11-17(10-14)30-18(16-7-5-4-6-8-16)12-28-20-21(26-23(28)30)27(3)24(33)29(22(20)32)13-19(25)31/h4-12,20-21H,13H2,1-3H3,(H2,25,31). The summed E-state index contributed by atoms with van der Waals surface area (Å²) in [5, 5.41) is 0. The van der Waals surface area contributed by atoms with Gasteiger partial charge in [-0.25, -0.2) is 9.79 Å². The first kappa shape index (κ1) is 20.7. The summed E-state index contributed by atoms with van der Waals surface area (Å²) < 4.78 is 0. The lowest BCUT2D eigenvalue weighted by Crippen LogP contribution is -2.65. The molecule has 0 aliphatic carbocycles. The Hall–Kier alpha value is -4.14. The largest absolute Gasteiger partial charge is 0.368 e. The van der Waals surface area contributed by atoms with Crippen LogP contribution in [-0.2, 0) is 9.59 Å². The number of anilines is 1. The Bertz CT molecular complexity index is 1220. The van der Waals surface area contributed by atoms with Crippen molar-refractivity contribution in [3.8, 4) is 0 Å². The van der Waals surface area contributed by atoms with Crippen molar-refractivity contribution in [1.29, 1.82) is 0 Å². The summed E-state index contributed by atoms with van der Waals surface area (Å²) in [6.07, 6.45) is 1.19. The van der Waals surface area contributed by atoms with Crippen LogP contribution in [-0.4, -0.2) is 64.3 Å². The number of carbonyl (C=O) groups is 3. The quantitative estimate of drug-likeness (QED) is 0.776. The number of hydrogen-bond acceptors (Lipinski definition) is 6. The highest BCUT2D eigenvalue weighted by Crippen LogP contribution is 2.40. The highest BCUT2D eigenvalue weighted by molar-refractivity contribution is 6.16. The Labute approximate surface area is 191 Å². The van der Waals surface area contributed by atoms with Gasteiger partial charge in [-0.1, -0.05) is 36.4 Å². The van der Waals surface area contributed by atoms with Gasteiger partial charge in [0.05, 0.1) is 5.70 Å². The predicted octanol–water partition coefficient (Wildman–Crippen LogP) is 1.87. The van der Waals surface area contributed by atoms with E-state index in [1.54, 1.807) is 11.9 Å². The lowest BCUT2D eigenvalue weighted by molar-refractivity contribution is -0.139. The molecule has 2 aromatic carbocycles. The number of fused-ring (bicyclic) bond motifs is 3. The summed E-state index contributed by atoms with van der Waals surface area (Å²) >= 11 is 0. The van der Waals surface area contributed by atoms with Crippen molar-refractivity contribution in [2.24, 2.45) is 10.7 Å². The van der Waals surface area contributed by atoms with E-state index < -0.39 is 36.6 Å². The first-order valence-electron chi connectivity index (χ1n) is 10.6. The minimum atomic E-state index is -0.781. The SMILES string of the molecule is Cc1cc(C)cc(N2C(c3ccccc3)=CN3C2=NC2C3C(=O)N(CC(N)=O)C(=O)N2C)c1. The zero-order chi connectivity index (χ0) is 23.4. The molecule has 0 aromatic heterocycles. The molecule has 9 nitrogen and oxygen atoms in total. The number of urea groups is 1. The van der Waals surface area contributed by atoms with Gasteiger partial charge >= 0.3 is 6.03 Å². The zero-order valence-corrected chi connectivity index (χ0v) is 18.6. The number of amides is 4. The average Bonchev–Trinajstić information content (AvgIpc) is 3.31. The van der Waals surface area contributed by atoms with E-state index in [-0.39, 0.29) is 0 Å². The molecule has 4 amide bonds. The maximum Gasteiger partial charge on any atom is 0.328 e. The van der Waals surface area contributed by atoms with Crippen LogP contribution >= 0.6 is 0 Å². The molecule has 9 heteroatoms. The molecule has 2 atom stereocenters. The summed E-state index contributed by atoms with van der Waals surface area (Å²) in [5.41, 5.74) is 10.2. The van der Waals surface area contributed by atoms with Crippen molar-refractivity contribution in [2.45, 2.75) is 26.1 Å². The molecule has 0 radical (unpaired) electrons. The van der Waals surface area contributed by atoms with E-state index in [0.29, 0.717) is 5.96 Å². The van der Waals surface area contributed by atoms with Crippen molar-refractivity contribution >= 4 is 35.2 Å². The third-order valence-electron chi connectivity index (χ3n) is 6.06. The summed E-state index contributed by atoms with van der Waals surface area (Å²) in [6.45, 7) is 3.60. The van der Waals surface area contributed by atoms with Crippen molar-refractivity contribution in [3.63, 3.8) is 0 Å². The Kier molecular flexibility index (Phi) is 4.70. The molecular formula is C24H24N6O3. The van der Waals surface area contributed by atoms with Crippen LogP contribution in [0.1, 0.15) is 16.7 Å². The Morgan fingerprint density at radius 3 is 2.36 bits per heavy atom. The summed E-state index contributed by atoms with van der Waals surface area (Å²) in [7, 11) is 1.58. The van der Waals surface area contributed by atoms with Gasteiger partial charge in [0.1, 0.15) is 6.54 Å². The molecule has 3 aliphatic heterocycles. The monoisotopic (exact) mass is 444 g/mol. The maximum atomic E-state index is 13.3. The fourth-order valence-corrected chi connectivity index (χ4v) is 4.68. The number of nitrogens with two attached hydrogens (primary N) is 1. The van der Waals surface area contributed by atoms with Crippen LogP contribution in [0.25, 0.3) is 5.70 Å². The molecule has 1 saturated heterocycles. The van der Waals surface area contributed by atoms with E-state index in [9.17, 15) is 14.4 Å². The van der Waals surface area contributed by atoms with Crippen molar-refractivity contribution in [1.82, 2.24) is 14.7 Å². The number of carbonyl (C=O) groups excluding carboxylic acids is 3. The van der Waals surface area contributed by atoms with E-state index in [4.69, 9.17) is 10.7 Å². The van der Waals surface area contributed by atoms with Crippen molar-refractivity contribution in [2.75, 3.05) is 18.5 Å². The third kappa shape index (κ3) is 3.24. The van der Waals surface area contributed by atoms with Crippen LogP contribution < -0.4 is 10.6 Å². The van der Waals surface area contributed by atoms with Crippen molar-refractivity contribution in [3.05, 3.63) is 71.4 Å². The number of primary amides is 1. The summed E-state index contributed by atoms with van der Waals surface area (Å²) in [5.74, 6) is -0.684. The molecule has 3 heterocycles. The first-order chi connectivity index (χ1) is 15.8. The second-order valence-corrected chi connectivity index (χ2v) is 8.54. The van der Waals surface area contributed by atoms with Gasteiger partial charge in [-0.3, -0.25) is 24.3 Å². The van der Waals surface area contributed by atoms with Crippen LogP contribution in [0.3, 0.4) is 0 Å². The normalized spacial score (nSPS) is 21.8. The minimum Gasteiger partial charge on any atom is -0.368 e. The molecule has 0 bridgehead atoms. The Morgan fingerprint density at radius 2 is 1.73 bits per heavy atom. The van der Waals surface area contributed by atoms with E-state index in [1.165, 1.54) is 4.90 Å². The first-order valence-corrected chi connectivity index (χ1v) is 10.6. The van der Waals surface area contributed by atoms with Crippen LogP contribution in [0, 0.1) is 13.8 Å². The molecule has 0 saturated carbocycles. The number of aliphatic imine (C=N–C) groups is 1. The molecule has 2 aromatic rings. The lowest BCUT2D eigenvalue weighted by Gasteiger charge is -2.39. The van der Waals surface area contributed by atoms with Gasteiger partial charge in [-0.05, 0) is 37.1 Å². The molecule has 168 valence electrons. The van der Waals surface area contributed by atoms with E-state index in [1.807, 2.05) is 55.3 Å². The van der Waals surface area contributed by atoms with Gasteiger partial charge in [0, 0.05) is 24.5 Å². The third-order valence-corrected chi connectivity index (χ3v) is 6.06. The van der Waals surface area contributed by atoms with Gasteiger partial charge in [0.15, 0.2) is 12.2 Å². The van der Waals surface area contributed by atoms with Gasteiger partial charge in [-0.2, -0.15) is 0 Å². The molecule has 1 fully saturated rings. The number of likely N-dealkylation sites (N-methyl/N-ethyl adjacent to an activating group) is 1. The number of hydrogen-bond donors (Lipinski definition) is 1. The number of guanidine groups is 1. The van der Waals surface area contributed by atoms with Crippen LogP contribution in [0.15, 0.2) is 59.7 Å². The molecule has 0 spiro atoms. The average molecular weight is 444 g/mol. The summed E-state index contributed by atoms with van der Waals surface area (Å²) in [4.78, 5) is 48.5. The van der Waals surface area contributed by atoms with E-state index in [2.05, 4.69) is 18.2 Å². The van der Waals surface area contributed by atoms with Crippen LogP contribution in [0.2, 0.25) is 0 Å². The maximum absolute atomic E-state index is 13.3. The minimum absolute atomic E-state index is 0.468. The second kappa shape index (κ2) is 7.47. The Morgan fingerprint density at radius 1 is 1.06 bits per heavy atom. The smallest absolute Gasteiger partial charge is 0.328 e. The molecule has 3 aliphatic rings. The molecular weight excluding hydrogens is 420 g/mol. The van der Waals surface area contributed by atoms with Gasteiger partial charge < -0.3 is 10.6 Å². The van der Waals surface area contributed by atoms with Gasteiger partial charge in [0.2, 0.25) is 11.9 Å². The number of nitrogens with zero attached hydrogens (tertiary/aromatic N) is 5. The fourth-order valence-electron chi connectivity index (χ4n) is 4.68. The molecule has 2 N–H and O–H groups in total. The molecule has 2 unspecified atom stereocenters. The second-order valence-electron chi connectivity index (χ2n) is 8.54. The zero-order valence-electron chi connectivity index (χ0n) is 18.6. The number of benzene rings is 2. The number of aryl methyl sites for hydroxylation is 2. The molecule has 33 heavy (non-hydrogen) atoms. The topological polar surface area (TPSA) is 103 Å². The van der Waals surface area contributed by atoms with Gasteiger partial charge in [0.25, 0.3) is 5.91 Å². The summed E-state index contributed by atoms with van der Waals surface area (Å²) in [6, 6.07) is 14.7. The van der Waals surface area contributed by atoms with Crippen LogP contribution in [0.5, 0.6) is 0 Å².